The molecule has 2 aliphatic carbocycles. The van der Waals surface area contributed by atoms with Crippen molar-refractivity contribution in [3.63, 3.8) is 0 Å². The van der Waals surface area contributed by atoms with Gasteiger partial charge in [0.25, 0.3) is 5.91 Å². The molecule has 3 aliphatic rings. The largest absolute Gasteiger partial charge is 0.452 e. The molecular formula is C24H19Cl2FN2O5. The smallest absolute Gasteiger partial charge is 0.338 e. The van der Waals surface area contributed by atoms with E-state index in [0.717, 1.165) is 4.90 Å². The fourth-order valence-electron chi connectivity index (χ4n) is 5.32. The van der Waals surface area contributed by atoms with Crippen molar-refractivity contribution in [2.24, 2.45) is 23.7 Å². The monoisotopic (exact) mass is 504 g/mol. The van der Waals surface area contributed by atoms with E-state index in [0.29, 0.717) is 12.1 Å². The lowest BCUT2D eigenvalue weighted by atomic mass is 9.80. The summed E-state index contributed by atoms with van der Waals surface area (Å²) in [6.07, 6.45) is 0.662. The second-order valence-electron chi connectivity index (χ2n) is 8.70. The number of anilines is 2. The van der Waals surface area contributed by atoms with Crippen LogP contribution in [-0.4, -0.2) is 41.1 Å². The Morgan fingerprint density at radius 1 is 1.00 bits per heavy atom. The van der Waals surface area contributed by atoms with Gasteiger partial charge in [-0.1, -0.05) is 6.07 Å². The highest BCUT2D eigenvalue weighted by molar-refractivity contribution is 6.32. The molecule has 2 aromatic rings. The summed E-state index contributed by atoms with van der Waals surface area (Å²) < 4.78 is 18.0. The van der Waals surface area contributed by atoms with E-state index in [-0.39, 0.29) is 45.7 Å². The van der Waals surface area contributed by atoms with Gasteiger partial charge in [-0.3, -0.25) is 19.3 Å². The van der Waals surface area contributed by atoms with Gasteiger partial charge in [0.05, 0.1) is 33.8 Å². The van der Waals surface area contributed by atoms with Crippen molar-refractivity contribution in [3.8, 4) is 0 Å². The minimum Gasteiger partial charge on any atom is -0.452 e. The lowest BCUT2D eigenvalue weighted by Crippen LogP contribution is -2.37. The number of amides is 3. The summed E-state index contributed by atoms with van der Waals surface area (Å²) in [6, 6.07) is 11.1. The van der Waals surface area contributed by atoms with Crippen LogP contribution in [0.4, 0.5) is 15.8 Å². The number of hydrogen-bond acceptors (Lipinski definition) is 5. The van der Waals surface area contributed by atoms with Crippen LogP contribution in [-0.2, 0) is 19.1 Å². The third-order valence-corrected chi connectivity index (χ3v) is 8.11. The van der Waals surface area contributed by atoms with Gasteiger partial charge < -0.3 is 10.1 Å². The summed E-state index contributed by atoms with van der Waals surface area (Å²) in [5, 5.41) is 1.78. The summed E-state index contributed by atoms with van der Waals surface area (Å²) in [5.74, 6) is -3.79. The van der Waals surface area contributed by atoms with Crippen molar-refractivity contribution in [2.75, 3.05) is 16.8 Å². The van der Waals surface area contributed by atoms with Crippen LogP contribution < -0.4 is 10.2 Å². The van der Waals surface area contributed by atoms with Crippen molar-refractivity contribution in [2.45, 2.75) is 17.2 Å². The number of carbonyl (C=O) groups is 4. The van der Waals surface area contributed by atoms with E-state index in [2.05, 4.69) is 5.32 Å². The molecule has 6 atom stereocenters. The third-order valence-electron chi connectivity index (χ3n) is 6.79. The predicted octanol–water partition coefficient (Wildman–Crippen LogP) is 3.59. The van der Waals surface area contributed by atoms with Gasteiger partial charge in [-0.25, -0.2) is 9.18 Å². The Labute approximate surface area is 204 Å². The van der Waals surface area contributed by atoms with Gasteiger partial charge in [0.1, 0.15) is 5.82 Å². The SMILES string of the molecule is O=C(COC(=O)c1cccc(N2C(=O)[C@@H]3[C@H]4C[C@@H]([C@H](Cl)[C@H]4Cl)[C@H]3C2=O)c1)Nc1ccc(F)cc1. The van der Waals surface area contributed by atoms with Crippen LogP contribution in [0.1, 0.15) is 16.8 Å². The topological polar surface area (TPSA) is 92.8 Å². The van der Waals surface area contributed by atoms with Crippen LogP contribution in [0.5, 0.6) is 0 Å². The fourth-order valence-corrected chi connectivity index (χ4v) is 6.21. The van der Waals surface area contributed by atoms with Crippen molar-refractivity contribution < 1.29 is 28.3 Å². The van der Waals surface area contributed by atoms with E-state index >= 15 is 0 Å². The second-order valence-corrected chi connectivity index (χ2v) is 9.71. The lowest BCUT2D eigenvalue weighted by Gasteiger charge is -2.28. The molecule has 0 spiro atoms. The van der Waals surface area contributed by atoms with E-state index in [1.807, 2.05) is 0 Å². The van der Waals surface area contributed by atoms with E-state index in [4.69, 9.17) is 27.9 Å². The molecule has 2 saturated carbocycles. The first-order chi connectivity index (χ1) is 16.3. The molecule has 1 saturated heterocycles. The quantitative estimate of drug-likeness (QED) is 0.381. The maximum Gasteiger partial charge on any atom is 0.338 e. The number of esters is 1. The van der Waals surface area contributed by atoms with Crippen molar-refractivity contribution >= 4 is 58.3 Å². The zero-order chi connectivity index (χ0) is 24.1. The van der Waals surface area contributed by atoms with E-state index in [1.54, 1.807) is 6.07 Å². The van der Waals surface area contributed by atoms with Crippen LogP contribution in [0.2, 0.25) is 0 Å². The molecule has 0 radical (unpaired) electrons. The van der Waals surface area contributed by atoms with E-state index in [1.165, 1.54) is 42.5 Å². The number of hydrogen-bond donors (Lipinski definition) is 1. The number of halogens is 3. The molecule has 10 heteroatoms. The number of ether oxygens (including phenoxy) is 1. The number of rotatable bonds is 5. The number of alkyl halides is 2. The molecule has 176 valence electrons. The normalized spacial score (nSPS) is 29.3. The molecule has 1 aliphatic heterocycles. The first kappa shape index (κ1) is 22.8. The minimum atomic E-state index is -0.794. The second kappa shape index (κ2) is 8.67. The zero-order valence-electron chi connectivity index (χ0n) is 17.6. The average molecular weight is 505 g/mol. The van der Waals surface area contributed by atoms with Crippen LogP contribution in [0.25, 0.3) is 0 Å². The van der Waals surface area contributed by atoms with Gasteiger partial charge in [-0.2, -0.15) is 0 Å². The first-order valence-electron chi connectivity index (χ1n) is 10.7. The number of imide groups is 1. The molecular weight excluding hydrogens is 486 g/mol. The molecule has 2 bridgehead atoms. The highest BCUT2D eigenvalue weighted by Crippen LogP contribution is 2.59. The van der Waals surface area contributed by atoms with Gasteiger partial charge in [0.2, 0.25) is 11.8 Å². The zero-order valence-corrected chi connectivity index (χ0v) is 19.1. The van der Waals surface area contributed by atoms with Gasteiger partial charge in [-0.05, 0) is 60.7 Å². The number of nitrogens with one attached hydrogen (secondary N) is 1. The van der Waals surface area contributed by atoms with Crippen LogP contribution in [0, 0.1) is 29.5 Å². The third kappa shape index (κ3) is 3.75. The highest BCUT2D eigenvalue weighted by atomic mass is 35.5. The summed E-state index contributed by atoms with van der Waals surface area (Å²) in [7, 11) is 0. The Balaban J connectivity index is 1.26. The summed E-state index contributed by atoms with van der Waals surface area (Å²) in [5.41, 5.74) is 0.692. The van der Waals surface area contributed by atoms with Crippen LogP contribution in [0.3, 0.4) is 0 Å². The number of nitrogens with zero attached hydrogens (tertiary/aromatic N) is 1. The fraction of sp³-hybridized carbons (Fsp3) is 0.333. The van der Waals surface area contributed by atoms with E-state index in [9.17, 15) is 23.6 Å². The Bertz CT molecular complexity index is 1160. The van der Waals surface area contributed by atoms with Gasteiger partial charge in [-0.15, -0.1) is 23.2 Å². The molecule has 3 amide bonds. The molecule has 7 nitrogen and oxygen atoms in total. The molecule has 0 aromatic heterocycles. The predicted molar refractivity (Wildman–Crippen MR) is 122 cm³/mol. The van der Waals surface area contributed by atoms with Gasteiger partial charge in [0, 0.05) is 5.69 Å². The van der Waals surface area contributed by atoms with Crippen LogP contribution in [0.15, 0.2) is 48.5 Å². The summed E-state index contributed by atoms with van der Waals surface area (Å²) in [6.45, 7) is -0.566. The van der Waals surface area contributed by atoms with E-state index < -0.39 is 36.1 Å². The molecule has 0 unspecified atom stereocenters. The number of carbonyl (C=O) groups excluding carboxylic acids is 4. The first-order valence-corrected chi connectivity index (χ1v) is 11.6. The summed E-state index contributed by atoms with van der Waals surface area (Å²) >= 11 is 12.8. The Morgan fingerprint density at radius 3 is 2.24 bits per heavy atom. The minimum absolute atomic E-state index is 0.0816. The van der Waals surface area contributed by atoms with Crippen molar-refractivity contribution in [1.82, 2.24) is 0 Å². The maximum absolute atomic E-state index is 13.1. The molecule has 1 heterocycles. The molecule has 34 heavy (non-hydrogen) atoms. The Hall–Kier alpha value is -2.97. The van der Waals surface area contributed by atoms with Gasteiger partial charge in [0.15, 0.2) is 6.61 Å². The number of benzene rings is 2. The van der Waals surface area contributed by atoms with Crippen molar-refractivity contribution in [1.29, 1.82) is 0 Å². The number of fused-ring (bicyclic) bond motifs is 5. The standard InChI is InChI=1S/C24H19Cl2FN2O5/c25-20-15-9-16(21(20)26)19-18(15)22(31)29(23(19)32)14-3-1-2-11(8-14)24(33)34-10-17(30)28-13-6-4-12(27)5-7-13/h1-8,15-16,18-21H,9-10H2,(H,28,30)/t15-,16-,18-,19-,20+,21+/m1/s1. The lowest BCUT2D eigenvalue weighted by molar-refractivity contribution is -0.123. The van der Waals surface area contributed by atoms with Gasteiger partial charge >= 0.3 is 5.97 Å². The Kier molecular flexibility index (Phi) is 5.81. The maximum atomic E-state index is 13.1. The molecule has 5 rings (SSSR count). The molecule has 2 aromatic carbocycles. The Morgan fingerprint density at radius 2 is 1.62 bits per heavy atom. The molecule has 3 fully saturated rings. The summed E-state index contributed by atoms with van der Waals surface area (Å²) in [4.78, 5) is 51.9. The van der Waals surface area contributed by atoms with Crippen LogP contribution >= 0.6 is 23.2 Å². The highest BCUT2D eigenvalue weighted by Gasteiger charge is 2.66. The average Bonchev–Trinajstić information content (AvgIpc) is 3.44. The van der Waals surface area contributed by atoms with Crippen molar-refractivity contribution in [3.05, 3.63) is 59.9 Å². The molecule has 1 N–H and O–H groups in total.